The number of rotatable bonds is 2. The van der Waals surface area contributed by atoms with Gasteiger partial charge in [0.2, 0.25) is 0 Å². The van der Waals surface area contributed by atoms with Crippen molar-refractivity contribution in [2.24, 2.45) is 0 Å². The molecule has 1 aromatic rings. The van der Waals surface area contributed by atoms with Crippen molar-refractivity contribution in [3.63, 3.8) is 0 Å². The zero-order chi connectivity index (χ0) is 10.0. The minimum Gasteiger partial charge on any atom is -0.207 e. The highest BCUT2D eigenvalue weighted by Gasteiger charge is 2.13. The van der Waals surface area contributed by atoms with Crippen LogP contribution >= 0.6 is 0 Å². The first-order valence-electron chi connectivity index (χ1n) is 4.54. The maximum absolute atomic E-state index is 13.5. The normalized spacial score (nSPS) is 10.9. The lowest BCUT2D eigenvalue weighted by Gasteiger charge is -2.10. The molecule has 0 aliphatic heterocycles. The van der Waals surface area contributed by atoms with Gasteiger partial charge in [-0.25, -0.2) is 8.78 Å². The van der Waals surface area contributed by atoms with E-state index in [4.69, 9.17) is 0 Å². The van der Waals surface area contributed by atoms with Crippen LogP contribution in [-0.2, 0) is 6.42 Å². The lowest BCUT2D eigenvalue weighted by atomic mass is 9.98. The molecular formula is C11H14F2. The van der Waals surface area contributed by atoms with Crippen molar-refractivity contribution in [3.05, 3.63) is 34.9 Å². The van der Waals surface area contributed by atoms with Crippen molar-refractivity contribution in [2.45, 2.75) is 33.1 Å². The molecule has 0 amide bonds. The van der Waals surface area contributed by atoms with Crippen molar-refractivity contribution < 1.29 is 8.78 Å². The molecule has 0 atom stereocenters. The fourth-order valence-corrected chi connectivity index (χ4v) is 1.39. The quantitative estimate of drug-likeness (QED) is 0.658. The molecule has 0 aliphatic rings. The Morgan fingerprint density at radius 1 is 1.23 bits per heavy atom. The van der Waals surface area contributed by atoms with Crippen LogP contribution in [0.3, 0.4) is 0 Å². The maximum atomic E-state index is 13.5. The van der Waals surface area contributed by atoms with Gasteiger partial charge in [0.1, 0.15) is 11.6 Å². The summed E-state index contributed by atoms with van der Waals surface area (Å²) in [7, 11) is 0. The summed E-state index contributed by atoms with van der Waals surface area (Å²) in [4.78, 5) is 0. The van der Waals surface area contributed by atoms with Crippen LogP contribution in [0.5, 0.6) is 0 Å². The van der Waals surface area contributed by atoms with Crippen LogP contribution in [0.4, 0.5) is 8.78 Å². The largest absolute Gasteiger partial charge is 0.207 e. The molecule has 0 saturated carbocycles. The van der Waals surface area contributed by atoms with Crippen molar-refractivity contribution in [2.75, 3.05) is 0 Å². The van der Waals surface area contributed by atoms with Gasteiger partial charge < -0.3 is 0 Å². The zero-order valence-corrected chi connectivity index (χ0v) is 8.20. The molecule has 0 heterocycles. The lowest BCUT2D eigenvalue weighted by molar-refractivity contribution is 0.542. The highest BCUT2D eigenvalue weighted by atomic mass is 19.1. The number of benzene rings is 1. The first-order chi connectivity index (χ1) is 6.07. The molecule has 0 bridgehead atoms. The van der Waals surface area contributed by atoms with Crippen molar-refractivity contribution in [3.8, 4) is 0 Å². The van der Waals surface area contributed by atoms with E-state index < -0.39 is 5.82 Å². The summed E-state index contributed by atoms with van der Waals surface area (Å²) in [6.07, 6.45) is 0.401. The van der Waals surface area contributed by atoms with Crippen LogP contribution in [0.25, 0.3) is 0 Å². The second-order valence-electron chi connectivity index (χ2n) is 3.44. The highest BCUT2D eigenvalue weighted by molar-refractivity contribution is 5.29. The van der Waals surface area contributed by atoms with Crippen LogP contribution in [0.1, 0.15) is 37.8 Å². The third-order valence-electron chi connectivity index (χ3n) is 2.19. The van der Waals surface area contributed by atoms with E-state index in [0.29, 0.717) is 12.0 Å². The molecule has 72 valence electrons. The Kier molecular flexibility index (Phi) is 3.02. The molecule has 0 aliphatic carbocycles. The van der Waals surface area contributed by atoms with E-state index in [0.717, 1.165) is 0 Å². The predicted octanol–water partition coefficient (Wildman–Crippen LogP) is 3.65. The summed E-state index contributed by atoms with van der Waals surface area (Å²) in [5.41, 5.74) is 0.796. The van der Waals surface area contributed by atoms with Gasteiger partial charge in [-0.05, 0) is 24.0 Å². The van der Waals surface area contributed by atoms with Gasteiger partial charge in [-0.3, -0.25) is 0 Å². The van der Waals surface area contributed by atoms with Gasteiger partial charge in [0.25, 0.3) is 0 Å². The molecule has 0 saturated heterocycles. The monoisotopic (exact) mass is 184 g/mol. The standard InChI is InChI=1S/C11H14F2/c1-4-8-10(12)6-5-9(7(2)3)11(8)13/h5-7H,4H2,1-3H3. The Morgan fingerprint density at radius 2 is 1.85 bits per heavy atom. The molecule has 1 aromatic carbocycles. The van der Waals surface area contributed by atoms with Gasteiger partial charge in [-0.2, -0.15) is 0 Å². The fourth-order valence-electron chi connectivity index (χ4n) is 1.39. The average molecular weight is 184 g/mol. The van der Waals surface area contributed by atoms with Crippen LogP contribution < -0.4 is 0 Å². The molecular weight excluding hydrogens is 170 g/mol. The van der Waals surface area contributed by atoms with Crippen LogP contribution in [0, 0.1) is 11.6 Å². The van der Waals surface area contributed by atoms with Gasteiger partial charge in [0.15, 0.2) is 0 Å². The van der Waals surface area contributed by atoms with Crippen molar-refractivity contribution in [1.82, 2.24) is 0 Å². The number of hydrogen-bond acceptors (Lipinski definition) is 0. The van der Waals surface area contributed by atoms with Gasteiger partial charge >= 0.3 is 0 Å². The number of halogens is 2. The molecule has 0 aromatic heterocycles. The van der Waals surface area contributed by atoms with Crippen LogP contribution in [-0.4, -0.2) is 0 Å². The summed E-state index contributed by atoms with van der Waals surface area (Å²) < 4.78 is 26.6. The van der Waals surface area contributed by atoms with E-state index in [2.05, 4.69) is 0 Å². The van der Waals surface area contributed by atoms with E-state index in [1.807, 2.05) is 13.8 Å². The second kappa shape index (κ2) is 3.86. The highest BCUT2D eigenvalue weighted by Crippen LogP contribution is 2.23. The summed E-state index contributed by atoms with van der Waals surface area (Å²) in [5, 5.41) is 0. The summed E-state index contributed by atoms with van der Waals surface area (Å²) in [5.74, 6) is -0.715. The third kappa shape index (κ3) is 1.87. The summed E-state index contributed by atoms with van der Waals surface area (Å²) in [6, 6.07) is 2.87. The van der Waals surface area contributed by atoms with E-state index in [9.17, 15) is 8.78 Å². The molecule has 0 fully saturated rings. The molecule has 1 rings (SSSR count). The van der Waals surface area contributed by atoms with Gasteiger partial charge in [-0.15, -0.1) is 0 Å². The van der Waals surface area contributed by atoms with E-state index in [1.165, 1.54) is 12.1 Å². The molecule has 0 radical (unpaired) electrons. The first-order valence-corrected chi connectivity index (χ1v) is 4.54. The molecule has 2 heteroatoms. The topological polar surface area (TPSA) is 0 Å². The van der Waals surface area contributed by atoms with Gasteiger partial charge in [-0.1, -0.05) is 26.8 Å². The first kappa shape index (κ1) is 10.2. The Morgan fingerprint density at radius 3 is 2.31 bits per heavy atom. The SMILES string of the molecule is CCc1c(F)ccc(C(C)C)c1F. The summed E-state index contributed by atoms with van der Waals surface area (Å²) >= 11 is 0. The smallest absolute Gasteiger partial charge is 0.132 e. The van der Waals surface area contributed by atoms with Gasteiger partial charge in [0.05, 0.1) is 0 Å². The molecule has 0 spiro atoms. The summed E-state index contributed by atoms with van der Waals surface area (Å²) in [6.45, 7) is 5.55. The number of hydrogen-bond donors (Lipinski definition) is 0. The third-order valence-corrected chi connectivity index (χ3v) is 2.19. The zero-order valence-electron chi connectivity index (χ0n) is 8.20. The van der Waals surface area contributed by atoms with Crippen molar-refractivity contribution >= 4 is 0 Å². The van der Waals surface area contributed by atoms with E-state index >= 15 is 0 Å². The minimum atomic E-state index is -0.440. The average Bonchev–Trinajstić information content (AvgIpc) is 2.04. The Labute approximate surface area is 77.6 Å². The minimum absolute atomic E-state index is 0.103. The Balaban J connectivity index is 3.27. The van der Waals surface area contributed by atoms with Gasteiger partial charge in [0, 0.05) is 5.56 Å². The fraction of sp³-hybridized carbons (Fsp3) is 0.455. The van der Waals surface area contributed by atoms with Crippen LogP contribution in [0.2, 0.25) is 0 Å². The molecule has 13 heavy (non-hydrogen) atoms. The predicted molar refractivity (Wildman–Crippen MR) is 49.8 cm³/mol. The lowest BCUT2D eigenvalue weighted by Crippen LogP contribution is -2.00. The maximum Gasteiger partial charge on any atom is 0.132 e. The molecule has 0 unspecified atom stereocenters. The van der Waals surface area contributed by atoms with Crippen molar-refractivity contribution in [1.29, 1.82) is 0 Å². The Bertz CT molecular complexity index is 303. The molecule has 0 nitrogen and oxygen atoms in total. The van der Waals surface area contributed by atoms with E-state index in [1.54, 1.807) is 6.92 Å². The van der Waals surface area contributed by atoms with E-state index in [-0.39, 0.29) is 17.3 Å². The van der Waals surface area contributed by atoms with Crippen LogP contribution in [0.15, 0.2) is 12.1 Å². The Hall–Kier alpha value is -0.920. The second-order valence-corrected chi connectivity index (χ2v) is 3.44. The molecule has 0 N–H and O–H groups in total.